The molecule has 1 fully saturated rings. The molecule has 4 heteroatoms. The van der Waals surface area contributed by atoms with Crippen LogP contribution in [0.5, 0.6) is 0 Å². The average molecular weight is 617 g/mol. The van der Waals surface area contributed by atoms with Gasteiger partial charge in [0.05, 0.1) is 0 Å². The largest absolute Gasteiger partial charge is 0.662 e. The van der Waals surface area contributed by atoms with Gasteiger partial charge in [-0.1, -0.05) is 61.7 Å². The van der Waals surface area contributed by atoms with Gasteiger partial charge in [0.15, 0.2) is 5.78 Å². The number of benzene rings is 2. The number of aryl methyl sites for hydroxylation is 1. The van der Waals surface area contributed by atoms with E-state index in [0.29, 0.717) is 12.2 Å². The van der Waals surface area contributed by atoms with Crippen molar-refractivity contribution in [3.8, 4) is 0 Å². The molecule has 3 nitrogen and oxygen atoms in total. The van der Waals surface area contributed by atoms with E-state index in [9.17, 15) is 4.79 Å². The van der Waals surface area contributed by atoms with Crippen molar-refractivity contribution < 1.29 is 48.9 Å². The summed E-state index contributed by atoms with van der Waals surface area (Å²) in [7, 11) is 0. The number of hydrogen-bond donors (Lipinski definition) is 0. The van der Waals surface area contributed by atoms with Crippen LogP contribution in [0, 0.1) is 50.0 Å². The number of Topliss-reactive ketones (excluding diaryl/α,β-unsaturated/α-hetero) is 1. The predicted molar refractivity (Wildman–Crippen MR) is 119 cm³/mol. The van der Waals surface area contributed by atoms with Crippen molar-refractivity contribution in [1.29, 1.82) is 0 Å². The van der Waals surface area contributed by atoms with Gasteiger partial charge in [0.2, 0.25) is 0 Å². The van der Waals surface area contributed by atoms with Crippen molar-refractivity contribution >= 4 is 5.78 Å². The summed E-state index contributed by atoms with van der Waals surface area (Å²) in [6.07, 6.45) is 7.59. The molecule has 4 rings (SSSR count). The van der Waals surface area contributed by atoms with Crippen LogP contribution in [0.3, 0.4) is 0 Å². The van der Waals surface area contributed by atoms with Gasteiger partial charge in [0.25, 0.3) is 0 Å². The van der Waals surface area contributed by atoms with Crippen LogP contribution < -0.4 is 0 Å². The van der Waals surface area contributed by atoms with E-state index in [0.717, 1.165) is 57.0 Å². The zero-order valence-electron chi connectivity index (χ0n) is 18.1. The minimum atomic E-state index is 0. The quantitative estimate of drug-likeness (QED) is 0.371. The molecule has 0 spiro atoms. The fourth-order valence-corrected chi connectivity index (χ4v) is 4.77. The predicted octanol–water partition coefficient (Wildman–Crippen LogP) is 5.77. The zero-order chi connectivity index (χ0) is 19.9. The second-order valence-electron chi connectivity index (χ2n) is 8.71. The van der Waals surface area contributed by atoms with Crippen molar-refractivity contribution in [1.82, 2.24) is 4.90 Å². The molecule has 2 heterocycles. The Morgan fingerprint density at radius 1 is 1.03 bits per heavy atom. The van der Waals surface area contributed by atoms with Gasteiger partial charge in [-0.2, -0.15) is 0 Å². The van der Waals surface area contributed by atoms with Gasteiger partial charge < -0.3 is 5.32 Å². The zero-order valence-corrected chi connectivity index (χ0v) is 22.8. The smallest absolute Gasteiger partial charge is 0.162 e. The molecule has 0 atom stereocenters. The summed E-state index contributed by atoms with van der Waals surface area (Å²) in [5.41, 5.74) is 5.03. The van der Waals surface area contributed by atoms with Crippen LogP contribution >= 0.6 is 0 Å². The summed E-state index contributed by atoms with van der Waals surface area (Å²) in [4.78, 5) is 15.3. The van der Waals surface area contributed by atoms with Crippen molar-refractivity contribution in [2.45, 2.75) is 58.0 Å². The fraction of sp³-hybridized carbons (Fsp3) is 0.500. The Morgan fingerprint density at radius 2 is 1.83 bits per heavy atom. The fourth-order valence-electron chi connectivity index (χ4n) is 4.77. The third-order valence-electron chi connectivity index (χ3n) is 6.50. The molecule has 30 heavy (non-hydrogen) atoms. The second-order valence-corrected chi connectivity index (χ2v) is 8.71. The summed E-state index contributed by atoms with van der Waals surface area (Å²) in [6, 6.07) is 17.1. The Morgan fingerprint density at radius 3 is 2.63 bits per heavy atom. The monoisotopic (exact) mass is 616 g/mol. The minimum Gasteiger partial charge on any atom is -0.662 e. The van der Waals surface area contributed by atoms with Crippen molar-refractivity contribution in [2.24, 2.45) is 5.92 Å². The Bertz CT molecular complexity index is 802. The van der Waals surface area contributed by atoms with Gasteiger partial charge in [0, 0.05) is 69.1 Å². The van der Waals surface area contributed by atoms with E-state index in [4.69, 9.17) is 0 Å². The third kappa shape index (κ3) is 6.99. The first kappa shape index (κ1) is 24.1. The van der Waals surface area contributed by atoms with Crippen LogP contribution in [-0.4, -0.2) is 30.3 Å². The summed E-state index contributed by atoms with van der Waals surface area (Å²) >= 11 is 0. The number of rotatable bonds is 7. The van der Waals surface area contributed by atoms with Crippen molar-refractivity contribution in [2.75, 3.05) is 19.6 Å². The van der Waals surface area contributed by atoms with Gasteiger partial charge in [-0.15, -0.1) is 13.1 Å². The van der Waals surface area contributed by atoms with Crippen LogP contribution in [0.25, 0.3) is 5.32 Å². The topological polar surface area (TPSA) is 34.4 Å². The molecule has 0 saturated carbocycles. The first-order valence-electron chi connectivity index (χ1n) is 11.3. The first-order valence-corrected chi connectivity index (χ1v) is 11.3. The summed E-state index contributed by atoms with van der Waals surface area (Å²) in [6.45, 7) is 5.06. The van der Waals surface area contributed by atoms with Crippen molar-refractivity contribution in [3.63, 3.8) is 0 Å². The van der Waals surface area contributed by atoms with E-state index in [1.807, 2.05) is 0 Å². The molecule has 1 radical (unpaired) electrons. The Kier molecular flexibility index (Phi) is 10.0. The van der Waals surface area contributed by atoms with Crippen LogP contribution in [0.2, 0.25) is 0 Å². The molecule has 0 aromatic heterocycles. The van der Waals surface area contributed by atoms with Crippen LogP contribution in [0.4, 0.5) is 0 Å². The van der Waals surface area contributed by atoms with E-state index in [2.05, 4.69) is 58.7 Å². The number of ketones is 1. The van der Waals surface area contributed by atoms with E-state index < -0.39 is 0 Å². The van der Waals surface area contributed by atoms with Gasteiger partial charge in [-0.25, -0.2) is 0 Å². The van der Waals surface area contributed by atoms with Gasteiger partial charge >= 0.3 is 0 Å². The number of carbonyl (C=O) groups excluding carboxylic acids is 1. The van der Waals surface area contributed by atoms with Gasteiger partial charge in [0.1, 0.15) is 0 Å². The maximum Gasteiger partial charge on any atom is 0.162 e. The normalized spacial score (nSPS) is 17.6. The number of carbonyl (C=O) groups is 1. The third-order valence-corrected chi connectivity index (χ3v) is 6.50. The van der Waals surface area contributed by atoms with Crippen LogP contribution in [0.1, 0.15) is 65.6 Å². The summed E-state index contributed by atoms with van der Waals surface area (Å²) in [5.74, 6) is 1.09. The average Bonchev–Trinajstić information content (AvgIpc) is 2.96. The molecule has 0 amide bonds. The van der Waals surface area contributed by atoms with Gasteiger partial charge in [-0.3, -0.25) is 9.69 Å². The number of nitrogens with zero attached hydrogens (tertiary/aromatic N) is 2. The Balaban J connectivity index is 0.00000256. The van der Waals surface area contributed by atoms with E-state index >= 15 is 0 Å². The molecule has 2 aromatic rings. The van der Waals surface area contributed by atoms with Crippen LogP contribution in [0.15, 0.2) is 48.5 Å². The maximum absolute atomic E-state index is 12.8. The molecule has 0 N–H and O–H groups in total. The van der Waals surface area contributed by atoms with E-state index in [1.165, 1.54) is 42.4 Å². The van der Waals surface area contributed by atoms with Gasteiger partial charge in [-0.05, 0) is 54.5 Å². The molecule has 0 bridgehead atoms. The van der Waals surface area contributed by atoms with Crippen LogP contribution in [-0.2, 0) is 19.5 Å². The molecular weight excluding hydrogens is 583 g/mol. The standard InChI is InChI=1S/C26H33N2O.Ac/c29-26(10-4-8-21-13-15-27-16-14-21)24-12-11-23-9-5-17-28(20-25(23)18-24)19-22-6-2-1-3-7-22;/h1-3,6-7,11-12,18,21H,4-5,8-10,13-17,19-20H2;/q-1;. The Hall–Kier alpha value is -0.528. The molecule has 157 valence electrons. The maximum atomic E-state index is 12.8. The minimum absolute atomic E-state index is 0. The molecule has 2 aliphatic rings. The molecule has 1 saturated heterocycles. The Labute approximate surface area is 217 Å². The van der Waals surface area contributed by atoms with E-state index in [-0.39, 0.29) is 44.1 Å². The second kappa shape index (κ2) is 12.5. The SMILES string of the molecule is O=C(CCCC1CC[N-]CC1)c1ccc2c(c1)CN(Cc1ccccc1)CCC2.[Ac]. The molecule has 2 aliphatic heterocycles. The number of fused-ring (bicyclic) bond motifs is 1. The molecular formula is C26H33AcN2O-. The summed E-state index contributed by atoms with van der Waals surface area (Å²) < 4.78 is 0. The molecule has 2 aromatic carbocycles. The first-order chi connectivity index (χ1) is 14.3. The van der Waals surface area contributed by atoms with E-state index in [1.54, 1.807) is 0 Å². The van der Waals surface area contributed by atoms with Crippen molar-refractivity contribution in [3.05, 3.63) is 76.1 Å². The number of hydrogen-bond acceptors (Lipinski definition) is 2. The molecule has 0 unspecified atom stereocenters. The summed E-state index contributed by atoms with van der Waals surface area (Å²) in [5, 5.41) is 4.43. The molecule has 0 aliphatic carbocycles. The number of piperidine rings is 1.